The minimum absolute atomic E-state index is 0.169. The summed E-state index contributed by atoms with van der Waals surface area (Å²) in [6.45, 7) is 2.27. The van der Waals surface area contributed by atoms with E-state index in [0.29, 0.717) is 6.04 Å². The third kappa shape index (κ3) is 1.09. The lowest BCUT2D eigenvalue weighted by molar-refractivity contribution is -0.127. The maximum atomic E-state index is 10.3. The number of nitrogens with one attached hydrogen (secondary N) is 1. The summed E-state index contributed by atoms with van der Waals surface area (Å²) in [5, 5.41) is 2.84. The van der Waals surface area contributed by atoms with Crippen molar-refractivity contribution >= 4 is 15.4 Å². The number of carbonyl (C=O) groups is 1. The molecular formula is C5H11NOSi. The Morgan fingerprint density at radius 1 is 2.00 bits per heavy atom. The monoisotopic (exact) mass is 129 g/mol. The fourth-order valence-electron chi connectivity index (χ4n) is 0.953. The van der Waals surface area contributed by atoms with Gasteiger partial charge in [0.2, 0.25) is 5.91 Å². The van der Waals surface area contributed by atoms with Crippen molar-refractivity contribution in [2.24, 2.45) is 0 Å². The van der Waals surface area contributed by atoms with Crippen LogP contribution in [0.2, 0.25) is 12.6 Å². The largest absolute Gasteiger partial charge is 0.353 e. The van der Waals surface area contributed by atoms with E-state index in [0.717, 1.165) is 6.42 Å². The topological polar surface area (TPSA) is 29.1 Å². The standard InChI is InChI=1S/C5H11NOSi/c1-8-3-4-2-5(7)6-4/h4H,2-3,8H2,1H3,(H,6,7). The van der Waals surface area contributed by atoms with E-state index < -0.39 is 0 Å². The highest BCUT2D eigenvalue weighted by Gasteiger charge is 2.23. The van der Waals surface area contributed by atoms with E-state index in [4.69, 9.17) is 0 Å². The summed E-state index contributed by atoms with van der Waals surface area (Å²) in [6.07, 6.45) is 0.792. The zero-order valence-corrected chi connectivity index (χ0v) is 6.52. The highest BCUT2D eigenvalue weighted by atomic mass is 28.2. The van der Waals surface area contributed by atoms with Crippen LogP contribution in [0.1, 0.15) is 6.42 Å². The van der Waals surface area contributed by atoms with Gasteiger partial charge in [-0.3, -0.25) is 4.79 Å². The lowest BCUT2D eigenvalue weighted by atomic mass is 10.1. The van der Waals surface area contributed by atoms with Crippen molar-refractivity contribution in [1.82, 2.24) is 5.32 Å². The molecule has 0 aromatic heterocycles. The summed E-state index contributed by atoms with van der Waals surface area (Å²) in [7, 11) is 0.169. The Hall–Kier alpha value is -0.313. The van der Waals surface area contributed by atoms with E-state index >= 15 is 0 Å². The Morgan fingerprint density at radius 3 is 3.00 bits per heavy atom. The van der Waals surface area contributed by atoms with Crippen LogP contribution in [-0.2, 0) is 4.79 Å². The van der Waals surface area contributed by atoms with Crippen molar-refractivity contribution < 1.29 is 4.79 Å². The quantitative estimate of drug-likeness (QED) is 0.395. The number of carbonyl (C=O) groups excluding carboxylic acids is 1. The van der Waals surface area contributed by atoms with E-state index in [9.17, 15) is 4.79 Å². The van der Waals surface area contributed by atoms with Crippen molar-refractivity contribution in [2.45, 2.75) is 25.1 Å². The molecule has 0 aromatic carbocycles. The Bertz CT molecular complexity index is 96.6. The summed E-state index contributed by atoms with van der Waals surface area (Å²) in [4.78, 5) is 10.3. The van der Waals surface area contributed by atoms with E-state index in [1.807, 2.05) is 0 Å². The minimum atomic E-state index is 0.169. The molecule has 0 aromatic rings. The Kier molecular flexibility index (Phi) is 1.68. The van der Waals surface area contributed by atoms with Gasteiger partial charge in [0.1, 0.15) is 0 Å². The lowest BCUT2D eigenvalue weighted by Crippen LogP contribution is -2.48. The van der Waals surface area contributed by atoms with Gasteiger partial charge in [-0.2, -0.15) is 0 Å². The summed E-state index contributed by atoms with van der Waals surface area (Å²) in [5.41, 5.74) is 0. The van der Waals surface area contributed by atoms with Gasteiger partial charge in [0, 0.05) is 22.0 Å². The van der Waals surface area contributed by atoms with Crippen LogP contribution in [0.25, 0.3) is 0 Å². The van der Waals surface area contributed by atoms with Gasteiger partial charge < -0.3 is 5.32 Å². The summed E-state index contributed by atoms with van der Waals surface area (Å²) < 4.78 is 0. The molecule has 0 aliphatic carbocycles. The summed E-state index contributed by atoms with van der Waals surface area (Å²) in [5.74, 6) is 0.234. The molecule has 1 aliphatic heterocycles. The molecule has 2 nitrogen and oxygen atoms in total. The molecule has 1 N–H and O–H groups in total. The maximum Gasteiger partial charge on any atom is 0.222 e. The molecule has 1 fully saturated rings. The first-order valence-corrected chi connectivity index (χ1v) is 5.53. The van der Waals surface area contributed by atoms with Gasteiger partial charge in [0.25, 0.3) is 0 Å². The zero-order chi connectivity index (χ0) is 5.98. The number of hydrogen-bond donors (Lipinski definition) is 1. The molecule has 1 rings (SSSR count). The summed E-state index contributed by atoms with van der Waals surface area (Å²) >= 11 is 0. The number of β-lactam (4-membered cyclic amide) rings is 1. The van der Waals surface area contributed by atoms with Gasteiger partial charge in [0.05, 0.1) is 0 Å². The Morgan fingerprint density at radius 2 is 2.62 bits per heavy atom. The van der Waals surface area contributed by atoms with E-state index in [1.54, 1.807) is 0 Å². The smallest absolute Gasteiger partial charge is 0.222 e. The minimum Gasteiger partial charge on any atom is -0.353 e. The van der Waals surface area contributed by atoms with Crippen molar-refractivity contribution in [3.05, 3.63) is 0 Å². The predicted octanol–water partition coefficient (Wildman–Crippen LogP) is -0.490. The number of rotatable bonds is 2. The lowest BCUT2D eigenvalue weighted by Gasteiger charge is -2.25. The molecule has 0 bridgehead atoms. The van der Waals surface area contributed by atoms with Gasteiger partial charge in [0.15, 0.2) is 0 Å². The molecule has 1 aliphatic rings. The van der Waals surface area contributed by atoms with Crippen LogP contribution >= 0.6 is 0 Å². The van der Waals surface area contributed by atoms with E-state index in [1.165, 1.54) is 6.04 Å². The van der Waals surface area contributed by atoms with Crippen LogP contribution in [0.4, 0.5) is 0 Å². The molecule has 1 heterocycles. The van der Waals surface area contributed by atoms with Crippen molar-refractivity contribution in [2.75, 3.05) is 0 Å². The molecule has 1 atom stereocenters. The van der Waals surface area contributed by atoms with E-state index in [-0.39, 0.29) is 15.4 Å². The fraction of sp³-hybridized carbons (Fsp3) is 0.800. The fourth-order valence-corrected chi connectivity index (χ4v) is 2.00. The first-order valence-electron chi connectivity index (χ1n) is 3.12. The predicted molar refractivity (Wildman–Crippen MR) is 35.8 cm³/mol. The Balaban J connectivity index is 2.06. The molecule has 46 valence electrons. The maximum absolute atomic E-state index is 10.3. The average Bonchev–Trinajstić information content (AvgIpc) is 1.64. The Labute approximate surface area is 51.5 Å². The second-order valence-electron chi connectivity index (χ2n) is 2.26. The molecule has 0 spiro atoms. The molecule has 0 saturated carbocycles. The van der Waals surface area contributed by atoms with Gasteiger partial charge in [-0.05, 0) is 6.04 Å². The van der Waals surface area contributed by atoms with Gasteiger partial charge in [-0.25, -0.2) is 0 Å². The number of hydrogen-bond acceptors (Lipinski definition) is 1. The second-order valence-corrected chi connectivity index (χ2v) is 3.83. The third-order valence-electron chi connectivity index (χ3n) is 1.43. The summed E-state index contributed by atoms with van der Waals surface area (Å²) in [6, 6.07) is 1.85. The van der Waals surface area contributed by atoms with Gasteiger partial charge in [-0.1, -0.05) is 6.55 Å². The number of amides is 1. The molecule has 1 amide bonds. The van der Waals surface area contributed by atoms with Crippen LogP contribution in [-0.4, -0.2) is 21.5 Å². The van der Waals surface area contributed by atoms with Crippen LogP contribution in [0.5, 0.6) is 0 Å². The third-order valence-corrected chi connectivity index (χ3v) is 2.71. The molecule has 0 radical (unpaired) electrons. The van der Waals surface area contributed by atoms with Crippen molar-refractivity contribution in [1.29, 1.82) is 0 Å². The first-order chi connectivity index (χ1) is 3.83. The molecule has 8 heavy (non-hydrogen) atoms. The second kappa shape index (κ2) is 2.30. The SMILES string of the molecule is C[SiH2]CC1CC(=O)N1. The first kappa shape index (κ1) is 5.82. The van der Waals surface area contributed by atoms with Crippen molar-refractivity contribution in [3.63, 3.8) is 0 Å². The van der Waals surface area contributed by atoms with Crippen LogP contribution in [0, 0.1) is 0 Å². The highest BCUT2D eigenvalue weighted by molar-refractivity contribution is 6.33. The van der Waals surface area contributed by atoms with E-state index in [2.05, 4.69) is 11.9 Å². The average molecular weight is 129 g/mol. The van der Waals surface area contributed by atoms with Crippen LogP contribution in [0.3, 0.4) is 0 Å². The highest BCUT2D eigenvalue weighted by Crippen LogP contribution is 2.07. The van der Waals surface area contributed by atoms with Gasteiger partial charge in [-0.15, -0.1) is 0 Å². The normalized spacial score (nSPS) is 28.1. The molecular weight excluding hydrogens is 118 g/mol. The zero-order valence-electron chi connectivity index (χ0n) is 5.11. The molecule has 1 saturated heterocycles. The van der Waals surface area contributed by atoms with Gasteiger partial charge >= 0.3 is 0 Å². The van der Waals surface area contributed by atoms with Crippen LogP contribution in [0.15, 0.2) is 0 Å². The molecule has 3 heteroatoms. The molecule has 1 unspecified atom stereocenters. The van der Waals surface area contributed by atoms with Crippen LogP contribution < -0.4 is 5.32 Å². The van der Waals surface area contributed by atoms with Crippen molar-refractivity contribution in [3.8, 4) is 0 Å².